The Balaban J connectivity index is 1.87. The fourth-order valence-electron chi connectivity index (χ4n) is 5.20. The fourth-order valence-corrected chi connectivity index (χ4v) is 5.20. The highest BCUT2D eigenvalue weighted by atomic mass is 19.1. The summed E-state index contributed by atoms with van der Waals surface area (Å²) in [6.45, 7) is 7.06. The molecule has 1 aliphatic carbocycles. The average molecular weight is 365 g/mol. The van der Waals surface area contributed by atoms with Crippen LogP contribution in [0.3, 0.4) is 0 Å². The van der Waals surface area contributed by atoms with Gasteiger partial charge < -0.3 is 10.4 Å². The Morgan fingerprint density at radius 3 is 2.22 bits per heavy atom. The molecule has 2 N–H and O–H groups in total. The van der Waals surface area contributed by atoms with E-state index in [2.05, 4.69) is 32.2 Å². The third kappa shape index (κ3) is 2.98. The third-order valence-corrected chi connectivity index (χ3v) is 6.46. The molecule has 2 aliphatic rings. The largest absolute Gasteiger partial charge is 0.510 e. The molecule has 3 heteroatoms. The van der Waals surface area contributed by atoms with Crippen molar-refractivity contribution in [2.24, 2.45) is 0 Å². The van der Waals surface area contributed by atoms with Crippen LogP contribution in [0.2, 0.25) is 0 Å². The van der Waals surface area contributed by atoms with Crippen molar-refractivity contribution >= 4 is 5.57 Å². The summed E-state index contributed by atoms with van der Waals surface area (Å²) < 4.78 is 13.4. The molecule has 0 radical (unpaired) electrons. The molecule has 1 heterocycles. The molecule has 27 heavy (non-hydrogen) atoms. The summed E-state index contributed by atoms with van der Waals surface area (Å²) in [7, 11) is 0. The molecule has 1 aliphatic heterocycles. The van der Waals surface area contributed by atoms with Crippen LogP contribution >= 0.6 is 0 Å². The van der Waals surface area contributed by atoms with Gasteiger partial charge in [-0.05, 0) is 79.1 Å². The van der Waals surface area contributed by atoms with E-state index < -0.39 is 0 Å². The minimum Gasteiger partial charge on any atom is -0.510 e. The summed E-state index contributed by atoms with van der Waals surface area (Å²) in [5.41, 5.74) is 7.64. The lowest BCUT2D eigenvalue weighted by atomic mass is 9.79. The number of hydrogen-bond acceptors (Lipinski definition) is 2. The zero-order valence-electron chi connectivity index (χ0n) is 16.5. The van der Waals surface area contributed by atoms with Crippen LogP contribution in [0.25, 0.3) is 16.7 Å². The van der Waals surface area contributed by atoms with Crippen molar-refractivity contribution in [2.45, 2.75) is 58.4 Å². The van der Waals surface area contributed by atoms with Gasteiger partial charge in [-0.15, -0.1) is 0 Å². The van der Waals surface area contributed by atoms with Gasteiger partial charge in [-0.3, -0.25) is 0 Å². The van der Waals surface area contributed by atoms with Crippen LogP contribution in [0.4, 0.5) is 4.39 Å². The second kappa shape index (κ2) is 6.79. The van der Waals surface area contributed by atoms with Gasteiger partial charge in [0.1, 0.15) is 11.6 Å². The Morgan fingerprint density at radius 2 is 1.56 bits per heavy atom. The van der Waals surface area contributed by atoms with Crippen molar-refractivity contribution in [3.63, 3.8) is 0 Å². The lowest BCUT2D eigenvalue weighted by molar-refractivity contribution is 0.215. The first-order chi connectivity index (χ1) is 12.9. The first-order valence-electron chi connectivity index (χ1n) is 9.98. The van der Waals surface area contributed by atoms with Gasteiger partial charge in [0, 0.05) is 12.1 Å². The maximum atomic E-state index is 13.4. The summed E-state index contributed by atoms with van der Waals surface area (Å²) >= 11 is 0. The topological polar surface area (TPSA) is 32.3 Å². The minimum atomic E-state index is -0.229. The Kier molecular flexibility index (Phi) is 4.59. The molecule has 0 atom stereocenters. The first kappa shape index (κ1) is 18.2. The third-order valence-electron chi connectivity index (χ3n) is 6.46. The van der Waals surface area contributed by atoms with E-state index >= 15 is 0 Å². The lowest BCUT2D eigenvalue weighted by Crippen LogP contribution is -2.44. The molecular weight excluding hydrogens is 337 g/mol. The van der Waals surface area contributed by atoms with E-state index in [1.54, 1.807) is 0 Å². The van der Waals surface area contributed by atoms with Gasteiger partial charge in [0.2, 0.25) is 0 Å². The second-order valence-electron chi connectivity index (χ2n) is 8.22. The highest BCUT2D eigenvalue weighted by Gasteiger charge is 2.42. The molecule has 0 bridgehead atoms. The molecule has 0 unspecified atom stereocenters. The van der Waals surface area contributed by atoms with Crippen LogP contribution in [0.15, 0.2) is 36.1 Å². The maximum absolute atomic E-state index is 13.4. The number of rotatable bonds is 2. The predicted molar refractivity (Wildman–Crippen MR) is 109 cm³/mol. The molecule has 2 aromatic carbocycles. The molecule has 0 saturated heterocycles. The van der Waals surface area contributed by atoms with Gasteiger partial charge in [-0.25, -0.2) is 4.39 Å². The van der Waals surface area contributed by atoms with Crippen molar-refractivity contribution in [2.75, 3.05) is 6.54 Å². The van der Waals surface area contributed by atoms with Crippen molar-refractivity contribution in [1.29, 1.82) is 0 Å². The number of aryl methyl sites for hydroxylation is 2. The zero-order chi connectivity index (χ0) is 19.2. The Labute approximate surface area is 161 Å². The number of halogens is 1. The monoisotopic (exact) mass is 365 g/mol. The average Bonchev–Trinajstić information content (AvgIpc) is 2.94. The van der Waals surface area contributed by atoms with Gasteiger partial charge in [0.15, 0.2) is 0 Å². The Morgan fingerprint density at radius 1 is 0.926 bits per heavy atom. The molecule has 0 amide bonds. The standard InChI is InChI=1S/C24H28FNO/c1-15-13-16(2)22(17(3)21(15)18-7-9-19(25)10-8-18)20-14-26-24(23(20)27)11-5-4-6-12-24/h7-10,13,26-27H,4-6,11-12,14H2,1-3H3. The highest BCUT2D eigenvalue weighted by Crippen LogP contribution is 2.43. The molecule has 1 fully saturated rings. The van der Waals surface area contributed by atoms with Gasteiger partial charge in [-0.1, -0.05) is 37.5 Å². The molecular formula is C24H28FNO. The molecule has 2 aromatic rings. The van der Waals surface area contributed by atoms with E-state index in [1.807, 2.05) is 12.1 Å². The first-order valence-corrected chi connectivity index (χ1v) is 9.98. The van der Waals surface area contributed by atoms with Crippen molar-refractivity contribution < 1.29 is 9.50 Å². The minimum absolute atomic E-state index is 0.221. The van der Waals surface area contributed by atoms with Crippen LogP contribution in [0.5, 0.6) is 0 Å². The number of aliphatic hydroxyl groups is 1. The highest BCUT2D eigenvalue weighted by molar-refractivity contribution is 5.84. The maximum Gasteiger partial charge on any atom is 0.123 e. The quantitative estimate of drug-likeness (QED) is 0.685. The number of aliphatic hydroxyl groups excluding tert-OH is 1. The summed E-state index contributed by atoms with van der Waals surface area (Å²) in [5, 5.41) is 14.8. The van der Waals surface area contributed by atoms with Crippen LogP contribution in [0, 0.1) is 26.6 Å². The van der Waals surface area contributed by atoms with Gasteiger partial charge in [0.05, 0.1) is 5.54 Å². The molecule has 0 aromatic heterocycles. The van der Waals surface area contributed by atoms with E-state index in [0.29, 0.717) is 12.3 Å². The van der Waals surface area contributed by atoms with E-state index in [1.165, 1.54) is 29.7 Å². The SMILES string of the molecule is Cc1cc(C)c(-c2ccc(F)cc2)c(C)c1C1=C(O)C2(CCCCC2)NC1. The van der Waals surface area contributed by atoms with Crippen LogP contribution in [0.1, 0.15) is 54.4 Å². The summed E-state index contributed by atoms with van der Waals surface area (Å²) in [6.07, 6.45) is 5.60. The van der Waals surface area contributed by atoms with Gasteiger partial charge >= 0.3 is 0 Å². The molecule has 1 saturated carbocycles. The molecule has 142 valence electrons. The summed E-state index contributed by atoms with van der Waals surface area (Å²) in [6, 6.07) is 8.89. The summed E-state index contributed by atoms with van der Waals surface area (Å²) in [4.78, 5) is 0. The molecule has 4 rings (SSSR count). The molecule has 2 nitrogen and oxygen atoms in total. The fraction of sp³-hybridized carbons (Fsp3) is 0.417. The van der Waals surface area contributed by atoms with Gasteiger partial charge in [0.25, 0.3) is 0 Å². The Bertz CT molecular complexity index is 905. The molecule has 1 spiro atoms. The second-order valence-corrected chi connectivity index (χ2v) is 8.22. The summed E-state index contributed by atoms with van der Waals surface area (Å²) in [5.74, 6) is 0.322. The van der Waals surface area contributed by atoms with Crippen molar-refractivity contribution in [3.8, 4) is 11.1 Å². The Hall–Kier alpha value is -2.13. The normalized spacial score (nSPS) is 19.1. The number of benzene rings is 2. The smallest absolute Gasteiger partial charge is 0.123 e. The van der Waals surface area contributed by atoms with Crippen molar-refractivity contribution in [1.82, 2.24) is 5.32 Å². The van der Waals surface area contributed by atoms with Crippen LogP contribution in [-0.4, -0.2) is 17.2 Å². The van der Waals surface area contributed by atoms with Crippen molar-refractivity contribution in [3.05, 3.63) is 64.2 Å². The van der Waals surface area contributed by atoms with E-state index in [0.717, 1.165) is 53.5 Å². The zero-order valence-corrected chi connectivity index (χ0v) is 16.5. The lowest BCUT2D eigenvalue weighted by Gasteiger charge is -2.33. The van der Waals surface area contributed by atoms with E-state index in [-0.39, 0.29) is 11.4 Å². The van der Waals surface area contributed by atoms with Gasteiger partial charge in [-0.2, -0.15) is 0 Å². The predicted octanol–water partition coefficient (Wildman–Crippen LogP) is 5.99. The number of nitrogens with one attached hydrogen (secondary N) is 1. The van der Waals surface area contributed by atoms with Crippen LogP contribution in [-0.2, 0) is 0 Å². The van der Waals surface area contributed by atoms with E-state index in [9.17, 15) is 9.50 Å². The van der Waals surface area contributed by atoms with E-state index in [4.69, 9.17) is 0 Å². The number of hydrogen-bond donors (Lipinski definition) is 2. The van der Waals surface area contributed by atoms with Crippen LogP contribution < -0.4 is 5.32 Å².